The Morgan fingerprint density at radius 2 is 1.56 bits per heavy atom. The first-order valence-electron chi connectivity index (χ1n) is 13.2. The highest BCUT2D eigenvalue weighted by Gasteiger charge is 2.21. The second kappa shape index (κ2) is 12.5. The summed E-state index contributed by atoms with van der Waals surface area (Å²) in [6, 6.07) is 22.9. The van der Waals surface area contributed by atoms with Gasteiger partial charge in [0.25, 0.3) is 5.91 Å². The summed E-state index contributed by atoms with van der Waals surface area (Å²) in [4.78, 5) is 21.7. The van der Waals surface area contributed by atoms with Crippen molar-refractivity contribution >= 4 is 17.2 Å². The van der Waals surface area contributed by atoms with E-state index in [0.29, 0.717) is 0 Å². The van der Waals surface area contributed by atoms with Crippen LogP contribution in [0, 0.1) is 0 Å². The molecule has 1 aliphatic heterocycles. The summed E-state index contributed by atoms with van der Waals surface area (Å²) in [6.07, 6.45) is 3.90. The second-order valence-corrected chi connectivity index (χ2v) is 9.21. The van der Waals surface area contributed by atoms with E-state index in [1.54, 1.807) is 0 Å². The lowest BCUT2D eigenvalue weighted by Gasteiger charge is -2.30. The number of rotatable bonds is 9. The number of hydrogen-bond acceptors (Lipinski definition) is 4. The molecule has 0 unspecified atom stereocenters. The number of benzene rings is 2. The van der Waals surface area contributed by atoms with Gasteiger partial charge in [-0.3, -0.25) is 14.7 Å². The Kier molecular flexibility index (Phi) is 8.90. The van der Waals surface area contributed by atoms with Crippen molar-refractivity contribution in [1.82, 2.24) is 14.8 Å². The van der Waals surface area contributed by atoms with Gasteiger partial charge in [0, 0.05) is 62.3 Å². The molecule has 1 N–H and O–H groups in total. The Morgan fingerprint density at radius 3 is 2.19 bits per heavy atom. The molecule has 36 heavy (non-hydrogen) atoms. The molecule has 1 saturated heterocycles. The monoisotopic (exact) mass is 482 g/mol. The molecule has 5 nitrogen and oxygen atoms in total. The molecule has 0 atom stereocenters. The predicted octanol–water partition coefficient (Wildman–Crippen LogP) is 6.09. The lowest BCUT2D eigenvalue weighted by molar-refractivity contribution is 0.0773. The van der Waals surface area contributed by atoms with Crippen LogP contribution < -0.4 is 5.32 Å². The van der Waals surface area contributed by atoms with Crippen LogP contribution in [0.2, 0.25) is 0 Å². The van der Waals surface area contributed by atoms with Crippen LogP contribution in [-0.2, 0) is 6.54 Å². The van der Waals surface area contributed by atoms with Gasteiger partial charge in [-0.25, -0.2) is 0 Å². The molecule has 2 heterocycles. The van der Waals surface area contributed by atoms with Gasteiger partial charge in [0.05, 0.1) is 5.69 Å². The molecule has 4 rings (SSSR count). The topological polar surface area (TPSA) is 48.5 Å². The van der Waals surface area contributed by atoms with Crippen LogP contribution in [0.1, 0.15) is 60.8 Å². The van der Waals surface area contributed by atoms with Crippen molar-refractivity contribution in [2.75, 3.05) is 38.0 Å². The highest BCUT2D eigenvalue weighted by molar-refractivity contribution is 5.95. The van der Waals surface area contributed by atoms with Gasteiger partial charge in [-0.1, -0.05) is 42.0 Å². The zero-order chi connectivity index (χ0) is 25.3. The summed E-state index contributed by atoms with van der Waals surface area (Å²) in [6.45, 7) is 11.4. The maximum absolute atomic E-state index is 12.9. The Morgan fingerprint density at radius 1 is 0.889 bits per heavy atom. The smallest absolute Gasteiger partial charge is 0.253 e. The number of pyridine rings is 1. The summed E-state index contributed by atoms with van der Waals surface area (Å²) in [5.41, 5.74) is 8.20. The Balaban J connectivity index is 1.65. The van der Waals surface area contributed by atoms with Gasteiger partial charge >= 0.3 is 0 Å². The van der Waals surface area contributed by atoms with E-state index < -0.39 is 0 Å². The van der Waals surface area contributed by atoms with Crippen LogP contribution in [0.15, 0.2) is 78.5 Å². The van der Waals surface area contributed by atoms with Gasteiger partial charge in [-0.05, 0) is 75.1 Å². The second-order valence-electron chi connectivity index (χ2n) is 9.21. The number of para-hydroxylation sites is 1. The molecule has 0 aliphatic carbocycles. The minimum absolute atomic E-state index is 0.0941. The summed E-state index contributed by atoms with van der Waals surface area (Å²) in [5.74, 6) is 0.0941. The van der Waals surface area contributed by atoms with Gasteiger partial charge < -0.3 is 10.2 Å². The standard InChI is InChI=1S/C31H38N4O/c1-4-32-29-13-8-7-12-28(29)30(24-14-16-26(17-15-24)31(36)35(5-2)6-3)25-18-21-34(22-19-25)23-27-11-9-10-20-33-27/h7-17,20,32H,4-6,18-19,21-23H2,1-3H3. The van der Waals surface area contributed by atoms with E-state index in [9.17, 15) is 4.79 Å². The van der Waals surface area contributed by atoms with E-state index in [1.165, 1.54) is 22.3 Å². The highest BCUT2D eigenvalue weighted by atomic mass is 16.2. The molecule has 2 aromatic carbocycles. The van der Waals surface area contributed by atoms with Crippen LogP contribution in [0.25, 0.3) is 5.57 Å². The van der Waals surface area contributed by atoms with Crippen molar-refractivity contribution < 1.29 is 4.79 Å². The third-order valence-corrected chi connectivity index (χ3v) is 6.96. The third kappa shape index (κ3) is 6.03. The molecule has 1 aromatic heterocycles. The molecule has 0 saturated carbocycles. The average Bonchev–Trinajstić information content (AvgIpc) is 2.92. The number of carbonyl (C=O) groups is 1. The fourth-order valence-electron chi connectivity index (χ4n) is 5.02. The van der Waals surface area contributed by atoms with E-state index >= 15 is 0 Å². The van der Waals surface area contributed by atoms with E-state index in [1.807, 2.05) is 43.1 Å². The first kappa shape index (κ1) is 25.6. The van der Waals surface area contributed by atoms with E-state index in [-0.39, 0.29) is 5.91 Å². The molecule has 0 spiro atoms. The van der Waals surface area contributed by atoms with Gasteiger partial charge in [0.2, 0.25) is 0 Å². The molecule has 0 radical (unpaired) electrons. The minimum atomic E-state index is 0.0941. The van der Waals surface area contributed by atoms with Crippen LogP contribution in [-0.4, -0.2) is 53.4 Å². The number of hydrogen-bond donors (Lipinski definition) is 1. The Bertz CT molecular complexity index is 1160. The molecule has 0 bridgehead atoms. The fourth-order valence-corrected chi connectivity index (χ4v) is 5.02. The van der Waals surface area contributed by atoms with Crippen molar-refractivity contribution in [1.29, 1.82) is 0 Å². The number of piperidine rings is 1. The van der Waals surface area contributed by atoms with Crippen molar-refractivity contribution in [2.45, 2.75) is 40.2 Å². The zero-order valence-electron chi connectivity index (χ0n) is 21.8. The summed E-state index contributed by atoms with van der Waals surface area (Å²) in [5, 5.41) is 3.55. The number of aromatic nitrogens is 1. The molecule has 3 aromatic rings. The molecule has 1 fully saturated rings. The molecular formula is C31H38N4O. The molecule has 5 heteroatoms. The van der Waals surface area contributed by atoms with Crippen molar-refractivity contribution in [3.63, 3.8) is 0 Å². The van der Waals surface area contributed by atoms with Crippen LogP contribution in [0.4, 0.5) is 5.69 Å². The zero-order valence-corrected chi connectivity index (χ0v) is 21.8. The van der Waals surface area contributed by atoms with Gasteiger partial charge in [-0.15, -0.1) is 0 Å². The number of carbonyl (C=O) groups excluding carboxylic acids is 1. The molecule has 1 aliphatic rings. The van der Waals surface area contributed by atoms with Gasteiger partial charge in [0.1, 0.15) is 0 Å². The van der Waals surface area contributed by atoms with Crippen LogP contribution in [0.5, 0.6) is 0 Å². The van der Waals surface area contributed by atoms with Crippen LogP contribution >= 0.6 is 0 Å². The molecular weight excluding hydrogens is 444 g/mol. The van der Waals surface area contributed by atoms with E-state index in [0.717, 1.165) is 69.1 Å². The normalized spacial score (nSPS) is 13.9. The summed E-state index contributed by atoms with van der Waals surface area (Å²) < 4.78 is 0. The SMILES string of the molecule is CCNc1ccccc1C(=C1CCN(Cc2ccccn2)CC1)c1ccc(C(=O)N(CC)CC)cc1. The number of likely N-dealkylation sites (tertiary alicyclic amines) is 1. The van der Waals surface area contributed by atoms with Crippen molar-refractivity contribution in [2.24, 2.45) is 0 Å². The maximum Gasteiger partial charge on any atom is 0.253 e. The van der Waals surface area contributed by atoms with Crippen molar-refractivity contribution in [3.8, 4) is 0 Å². The first-order valence-corrected chi connectivity index (χ1v) is 13.2. The minimum Gasteiger partial charge on any atom is -0.385 e. The van der Waals surface area contributed by atoms with Crippen LogP contribution in [0.3, 0.4) is 0 Å². The summed E-state index contributed by atoms with van der Waals surface area (Å²) in [7, 11) is 0. The number of nitrogens with zero attached hydrogens (tertiary/aromatic N) is 3. The van der Waals surface area contributed by atoms with Gasteiger partial charge in [0.15, 0.2) is 0 Å². The molecule has 188 valence electrons. The average molecular weight is 483 g/mol. The van der Waals surface area contributed by atoms with Crippen molar-refractivity contribution in [3.05, 3.63) is 101 Å². The Labute approximate surface area is 215 Å². The number of anilines is 1. The van der Waals surface area contributed by atoms with E-state index in [2.05, 4.69) is 70.7 Å². The predicted molar refractivity (Wildman–Crippen MR) is 149 cm³/mol. The third-order valence-electron chi connectivity index (χ3n) is 6.96. The lowest BCUT2D eigenvalue weighted by Crippen LogP contribution is -2.31. The first-order chi connectivity index (χ1) is 17.6. The number of nitrogens with one attached hydrogen (secondary N) is 1. The maximum atomic E-state index is 12.9. The van der Waals surface area contributed by atoms with Gasteiger partial charge in [-0.2, -0.15) is 0 Å². The van der Waals surface area contributed by atoms with E-state index in [4.69, 9.17) is 0 Å². The lowest BCUT2D eigenvalue weighted by atomic mass is 9.87. The quantitative estimate of drug-likeness (QED) is 0.401. The fraction of sp³-hybridized carbons (Fsp3) is 0.355. The largest absolute Gasteiger partial charge is 0.385 e. The highest BCUT2D eigenvalue weighted by Crippen LogP contribution is 2.36. The molecule has 1 amide bonds. The number of amides is 1. The summed E-state index contributed by atoms with van der Waals surface area (Å²) >= 11 is 0. The Hall–Kier alpha value is -3.44.